The van der Waals surface area contributed by atoms with Gasteiger partial charge in [-0.05, 0) is 42.8 Å². The summed E-state index contributed by atoms with van der Waals surface area (Å²) in [5, 5.41) is 7.94. The maximum atomic E-state index is 12.4. The Kier molecular flexibility index (Phi) is 4.77. The van der Waals surface area contributed by atoms with Crippen LogP contribution in [0.3, 0.4) is 0 Å². The first kappa shape index (κ1) is 17.1. The SMILES string of the molecule is COc1ccc(S(=O)(=O)NCc2cn(-c3cccnc3)nn2)cc1C. The van der Waals surface area contributed by atoms with Gasteiger partial charge in [0.2, 0.25) is 10.0 Å². The average molecular weight is 359 g/mol. The number of aromatic nitrogens is 4. The fourth-order valence-electron chi connectivity index (χ4n) is 2.27. The summed E-state index contributed by atoms with van der Waals surface area (Å²) in [5.74, 6) is 0.637. The molecule has 130 valence electrons. The quantitative estimate of drug-likeness (QED) is 0.715. The van der Waals surface area contributed by atoms with E-state index in [9.17, 15) is 8.42 Å². The van der Waals surface area contributed by atoms with Crippen LogP contribution in [0.25, 0.3) is 5.69 Å². The fraction of sp³-hybridized carbons (Fsp3) is 0.188. The number of hydrogen-bond donors (Lipinski definition) is 1. The Morgan fingerprint density at radius 3 is 2.80 bits per heavy atom. The summed E-state index contributed by atoms with van der Waals surface area (Å²) in [6.45, 7) is 1.82. The third-order valence-corrected chi connectivity index (χ3v) is 4.97. The summed E-state index contributed by atoms with van der Waals surface area (Å²) in [4.78, 5) is 4.18. The molecular formula is C16H17N5O3S. The maximum absolute atomic E-state index is 12.4. The number of sulfonamides is 1. The van der Waals surface area contributed by atoms with Gasteiger partial charge in [-0.15, -0.1) is 5.10 Å². The van der Waals surface area contributed by atoms with Gasteiger partial charge in [0.1, 0.15) is 5.75 Å². The molecule has 0 amide bonds. The van der Waals surface area contributed by atoms with E-state index in [2.05, 4.69) is 20.0 Å². The second kappa shape index (κ2) is 6.99. The number of hydrogen-bond acceptors (Lipinski definition) is 6. The van der Waals surface area contributed by atoms with Crippen LogP contribution in [0.2, 0.25) is 0 Å². The zero-order valence-corrected chi connectivity index (χ0v) is 14.6. The molecule has 0 spiro atoms. The molecule has 0 radical (unpaired) electrons. The number of aryl methyl sites for hydroxylation is 1. The molecule has 0 atom stereocenters. The standard InChI is InChI=1S/C16H17N5O3S/c1-12-8-15(5-6-16(12)24-2)25(22,23)18-9-13-11-21(20-19-13)14-4-3-7-17-10-14/h3-8,10-11,18H,9H2,1-2H3. The van der Waals surface area contributed by atoms with Crippen molar-refractivity contribution < 1.29 is 13.2 Å². The Balaban J connectivity index is 1.72. The first-order valence-corrected chi connectivity index (χ1v) is 8.94. The van der Waals surface area contributed by atoms with E-state index in [0.29, 0.717) is 11.4 Å². The number of nitrogens with zero attached hydrogens (tertiary/aromatic N) is 4. The molecule has 1 aromatic carbocycles. The molecule has 0 saturated heterocycles. The smallest absolute Gasteiger partial charge is 0.240 e. The molecule has 3 rings (SSSR count). The van der Waals surface area contributed by atoms with E-state index in [1.165, 1.54) is 10.7 Å². The van der Waals surface area contributed by atoms with E-state index in [4.69, 9.17) is 4.74 Å². The van der Waals surface area contributed by atoms with Gasteiger partial charge in [-0.25, -0.2) is 17.8 Å². The van der Waals surface area contributed by atoms with Gasteiger partial charge in [0.25, 0.3) is 0 Å². The summed E-state index contributed by atoms with van der Waals surface area (Å²) < 4.78 is 34.0. The summed E-state index contributed by atoms with van der Waals surface area (Å²) >= 11 is 0. The number of pyridine rings is 1. The first-order valence-electron chi connectivity index (χ1n) is 7.45. The lowest BCUT2D eigenvalue weighted by atomic mass is 10.2. The van der Waals surface area contributed by atoms with Crippen molar-refractivity contribution in [2.45, 2.75) is 18.4 Å². The molecule has 0 bridgehead atoms. The normalized spacial score (nSPS) is 11.4. The van der Waals surface area contributed by atoms with Crippen LogP contribution in [0.1, 0.15) is 11.3 Å². The van der Waals surface area contributed by atoms with E-state index >= 15 is 0 Å². The lowest BCUT2D eigenvalue weighted by molar-refractivity contribution is 0.411. The van der Waals surface area contributed by atoms with E-state index in [0.717, 1.165) is 11.3 Å². The van der Waals surface area contributed by atoms with Crippen molar-refractivity contribution in [2.75, 3.05) is 7.11 Å². The topological polar surface area (TPSA) is 99.0 Å². The highest BCUT2D eigenvalue weighted by Crippen LogP contribution is 2.21. The van der Waals surface area contributed by atoms with Crippen LogP contribution >= 0.6 is 0 Å². The van der Waals surface area contributed by atoms with Gasteiger partial charge in [-0.3, -0.25) is 4.98 Å². The molecule has 25 heavy (non-hydrogen) atoms. The van der Waals surface area contributed by atoms with Gasteiger partial charge in [0.05, 0.1) is 42.3 Å². The summed E-state index contributed by atoms with van der Waals surface area (Å²) in [7, 11) is -2.11. The number of methoxy groups -OCH3 is 1. The summed E-state index contributed by atoms with van der Waals surface area (Å²) in [6, 6.07) is 8.30. The zero-order valence-electron chi connectivity index (χ0n) is 13.7. The molecule has 3 aromatic rings. The lowest BCUT2D eigenvalue weighted by Crippen LogP contribution is -2.23. The Morgan fingerprint density at radius 1 is 1.28 bits per heavy atom. The third kappa shape index (κ3) is 3.83. The van der Waals surface area contributed by atoms with Crippen LogP contribution in [0.4, 0.5) is 0 Å². The van der Waals surface area contributed by atoms with Crippen LogP contribution in [0.15, 0.2) is 53.8 Å². The molecule has 2 heterocycles. The number of rotatable bonds is 6. The first-order chi connectivity index (χ1) is 12.0. The Labute approximate surface area is 145 Å². The number of ether oxygens (including phenoxy) is 1. The predicted molar refractivity (Wildman–Crippen MR) is 90.9 cm³/mol. The van der Waals surface area contributed by atoms with Crippen LogP contribution in [0, 0.1) is 6.92 Å². The highest BCUT2D eigenvalue weighted by molar-refractivity contribution is 7.89. The van der Waals surface area contributed by atoms with E-state index < -0.39 is 10.0 Å². The van der Waals surface area contributed by atoms with Gasteiger partial charge in [-0.1, -0.05) is 5.21 Å². The van der Waals surface area contributed by atoms with E-state index in [-0.39, 0.29) is 11.4 Å². The van der Waals surface area contributed by atoms with Crippen LogP contribution in [-0.4, -0.2) is 35.5 Å². The molecule has 0 unspecified atom stereocenters. The molecule has 9 heteroatoms. The molecule has 8 nitrogen and oxygen atoms in total. The predicted octanol–water partition coefficient (Wildman–Crippen LogP) is 1.46. The molecule has 1 N–H and O–H groups in total. The molecule has 0 saturated carbocycles. The molecule has 0 aliphatic rings. The van der Waals surface area contributed by atoms with Crippen molar-refractivity contribution in [3.05, 3.63) is 60.2 Å². The maximum Gasteiger partial charge on any atom is 0.240 e. The van der Waals surface area contributed by atoms with Gasteiger partial charge in [-0.2, -0.15) is 0 Å². The van der Waals surface area contributed by atoms with Gasteiger partial charge in [0, 0.05) is 6.20 Å². The molecule has 2 aromatic heterocycles. The Hall–Kier alpha value is -2.78. The highest BCUT2D eigenvalue weighted by Gasteiger charge is 2.16. The second-order valence-corrected chi connectivity index (χ2v) is 7.09. The van der Waals surface area contributed by atoms with Crippen molar-refractivity contribution in [3.63, 3.8) is 0 Å². The minimum absolute atomic E-state index is 0.0354. The van der Waals surface area contributed by atoms with E-state index in [1.54, 1.807) is 50.8 Å². The van der Waals surface area contributed by atoms with E-state index in [1.807, 2.05) is 6.07 Å². The summed E-state index contributed by atoms with van der Waals surface area (Å²) in [6.07, 6.45) is 4.95. The molecular weight excluding hydrogens is 342 g/mol. The molecule has 0 aliphatic carbocycles. The number of nitrogens with one attached hydrogen (secondary N) is 1. The zero-order chi connectivity index (χ0) is 17.9. The average Bonchev–Trinajstić information content (AvgIpc) is 3.10. The Bertz CT molecular complexity index is 970. The van der Waals surface area contributed by atoms with Crippen molar-refractivity contribution in [2.24, 2.45) is 0 Å². The monoisotopic (exact) mass is 359 g/mol. The van der Waals surface area contributed by atoms with Crippen LogP contribution in [-0.2, 0) is 16.6 Å². The second-order valence-electron chi connectivity index (χ2n) is 5.32. The summed E-state index contributed by atoms with van der Waals surface area (Å²) in [5.41, 5.74) is 1.99. The van der Waals surface area contributed by atoms with Gasteiger partial charge >= 0.3 is 0 Å². The fourth-order valence-corrected chi connectivity index (χ4v) is 3.35. The third-order valence-electron chi connectivity index (χ3n) is 3.57. The molecule has 0 aliphatic heterocycles. The van der Waals surface area contributed by atoms with Crippen molar-refractivity contribution in [1.29, 1.82) is 0 Å². The minimum Gasteiger partial charge on any atom is -0.496 e. The van der Waals surface area contributed by atoms with Gasteiger partial charge < -0.3 is 4.74 Å². The van der Waals surface area contributed by atoms with Crippen molar-refractivity contribution in [1.82, 2.24) is 24.7 Å². The number of benzene rings is 1. The highest BCUT2D eigenvalue weighted by atomic mass is 32.2. The van der Waals surface area contributed by atoms with Crippen LogP contribution < -0.4 is 9.46 Å². The largest absolute Gasteiger partial charge is 0.496 e. The lowest BCUT2D eigenvalue weighted by Gasteiger charge is -2.08. The Morgan fingerprint density at radius 2 is 2.12 bits per heavy atom. The van der Waals surface area contributed by atoms with Crippen LogP contribution in [0.5, 0.6) is 5.75 Å². The van der Waals surface area contributed by atoms with Gasteiger partial charge in [0.15, 0.2) is 0 Å². The van der Waals surface area contributed by atoms with Crippen molar-refractivity contribution in [3.8, 4) is 11.4 Å². The van der Waals surface area contributed by atoms with Crippen molar-refractivity contribution >= 4 is 10.0 Å². The molecule has 0 fully saturated rings. The minimum atomic E-state index is -3.66.